The molecule has 0 saturated carbocycles. The number of hydrogen-bond acceptors (Lipinski definition) is 5. The Morgan fingerprint density at radius 2 is 1.16 bits per heavy atom. The van der Waals surface area contributed by atoms with Crippen LogP contribution in [0, 0.1) is 11.3 Å². The van der Waals surface area contributed by atoms with Gasteiger partial charge < -0.3 is 0 Å². The Hall–Kier alpha value is -6.58. The number of fused-ring (bicyclic) bond motifs is 5. The molecular formula is C43H30N6. The minimum Gasteiger partial charge on any atom is -0.278 e. The summed E-state index contributed by atoms with van der Waals surface area (Å²) in [6, 6.07) is 51.9. The molecule has 8 aromatic rings. The van der Waals surface area contributed by atoms with Gasteiger partial charge in [-0.15, -0.1) is 0 Å². The van der Waals surface area contributed by atoms with Crippen LogP contribution in [0.1, 0.15) is 30.5 Å². The van der Waals surface area contributed by atoms with Gasteiger partial charge in [-0.2, -0.15) is 20.2 Å². The molecule has 6 aromatic carbocycles. The zero-order valence-electron chi connectivity index (χ0n) is 27.0. The molecule has 6 nitrogen and oxygen atoms in total. The van der Waals surface area contributed by atoms with E-state index < -0.39 is 0 Å². The van der Waals surface area contributed by atoms with Gasteiger partial charge in [-0.05, 0) is 47.0 Å². The second-order valence-electron chi connectivity index (χ2n) is 12.9. The fourth-order valence-corrected chi connectivity index (χ4v) is 7.34. The number of nitriles is 1. The van der Waals surface area contributed by atoms with Crippen molar-refractivity contribution in [1.29, 1.82) is 5.26 Å². The minimum atomic E-state index is -0.218. The molecule has 2 aromatic heterocycles. The largest absolute Gasteiger partial charge is 0.278 e. The molecular weight excluding hydrogens is 601 g/mol. The average Bonchev–Trinajstić information content (AvgIpc) is 3.50. The van der Waals surface area contributed by atoms with Crippen molar-refractivity contribution in [2.45, 2.75) is 19.3 Å². The highest BCUT2D eigenvalue weighted by molar-refractivity contribution is 6.13. The zero-order valence-corrected chi connectivity index (χ0v) is 27.0. The van der Waals surface area contributed by atoms with E-state index in [1.165, 1.54) is 11.1 Å². The van der Waals surface area contributed by atoms with Crippen LogP contribution in [0.3, 0.4) is 0 Å². The van der Waals surface area contributed by atoms with Gasteiger partial charge in [-0.25, -0.2) is 0 Å². The van der Waals surface area contributed by atoms with Gasteiger partial charge >= 0.3 is 0 Å². The number of aromatic nitrogens is 4. The average molecular weight is 631 g/mol. The third-order valence-corrected chi connectivity index (χ3v) is 9.70. The Balaban J connectivity index is 1.38. The molecule has 0 saturated heterocycles. The Kier molecular flexibility index (Phi) is 6.43. The van der Waals surface area contributed by atoms with Crippen LogP contribution in [0.5, 0.6) is 0 Å². The van der Waals surface area contributed by atoms with Crippen LogP contribution >= 0.6 is 0 Å². The van der Waals surface area contributed by atoms with Crippen LogP contribution in [-0.2, 0) is 5.41 Å². The Labute approximate surface area is 284 Å². The third kappa shape index (κ3) is 4.44. The Morgan fingerprint density at radius 3 is 1.88 bits per heavy atom. The van der Waals surface area contributed by atoms with Crippen molar-refractivity contribution in [2.24, 2.45) is 0 Å². The van der Waals surface area contributed by atoms with Crippen molar-refractivity contribution in [3.05, 3.63) is 162 Å². The highest BCUT2D eigenvalue weighted by Crippen LogP contribution is 2.51. The van der Waals surface area contributed by atoms with Crippen molar-refractivity contribution >= 4 is 39.1 Å². The van der Waals surface area contributed by atoms with Crippen molar-refractivity contribution in [3.8, 4) is 34.5 Å². The maximum absolute atomic E-state index is 9.48. The number of benzene rings is 6. The zero-order chi connectivity index (χ0) is 33.1. The quantitative estimate of drug-likeness (QED) is 0.194. The van der Waals surface area contributed by atoms with Gasteiger partial charge in [0.2, 0.25) is 11.9 Å². The molecule has 0 spiro atoms. The van der Waals surface area contributed by atoms with Crippen LogP contribution in [0.25, 0.3) is 50.3 Å². The summed E-state index contributed by atoms with van der Waals surface area (Å²) in [7, 11) is 0. The molecule has 3 heterocycles. The molecule has 0 N–H and O–H groups in total. The van der Waals surface area contributed by atoms with E-state index in [9.17, 15) is 5.26 Å². The molecule has 9 rings (SSSR count). The molecule has 0 bridgehead atoms. The monoisotopic (exact) mass is 630 g/mol. The number of para-hydroxylation sites is 4. The predicted molar refractivity (Wildman–Crippen MR) is 197 cm³/mol. The summed E-state index contributed by atoms with van der Waals surface area (Å²) in [6.07, 6.45) is 0. The van der Waals surface area contributed by atoms with Gasteiger partial charge in [-0.1, -0.05) is 129 Å². The molecule has 0 radical (unpaired) electrons. The first-order chi connectivity index (χ1) is 24.0. The minimum absolute atomic E-state index is 0.218. The number of rotatable bonds is 4. The number of anilines is 3. The molecule has 232 valence electrons. The molecule has 1 aliphatic rings. The molecule has 0 atom stereocenters. The van der Waals surface area contributed by atoms with Crippen LogP contribution in [0.4, 0.5) is 17.3 Å². The van der Waals surface area contributed by atoms with E-state index >= 15 is 0 Å². The summed E-state index contributed by atoms with van der Waals surface area (Å²) in [4.78, 5) is 18.0. The van der Waals surface area contributed by atoms with Crippen LogP contribution < -0.4 is 4.90 Å². The Morgan fingerprint density at radius 1 is 0.551 bits per heavy atom. The Bertz CT molecular complexity index is 2540. The molecule has 6 heteroatoms. The first kappa shape index (κ1) is 28.6. The molecule has 0 fully saturated rings. The van der Waals surface area contributed by atoms with Gasteiger partial charge in [0.25, 0.3) is 0 Å². The van der Waals surface area contributed by atoms with Gasteiger partial charge in [-0.3, -0.25) is 9.47 Å². The smallest absolute Gasteiger partial charge is 0.240 e. The van der Waals surface area contributed by atoms with E-state index in [-0.39, 0.29) is 5.41 Å². The van der Waals surface area contributed by atoms with Crippen LogP contribution in [-0.4, -0.2) is 19.5 Å². The summed E-state index contributed by atoms with van der Waals surface area (Å²) in [5.41, 5.74) is 9.82. The molecule has 0 amide bonds. The summed E-state index contributed by atoms with van der Waals surface area (Å²) in [5, 5.41) is 11.7. The second-order valence-corrected chi connectivity index (χ2v) is 12.9. The topological polar surface area (TPSA) is 70.6 Å². The van der Waals surface area contributed by atoms with Crippen LogP contribution in [0.2, 0.25) is 0 Å². The first-order valence-corrected chi connectivity index (χ1v) is 16.4. The van der Waals surface area contributed by atoms with Gasteiger partial charge in [0.1, 0.15) is 0 Å². The maximum Gasteiger partial charge on any atom is 0.240 e. The first-order valence-electron chi connectivity index (χ1n) is 16.4. The molecule has 1 aliphatic heterocycles. The summed E-state index contributed by atoms with van der Waals surface area (Å²) >= 11 is 0. The number of hydrogen-bond donors (Lipinski definition) is 0. The van der Waals surface area contributed by atoms with Crippen molar-refractivity contribution < 1.29 is 0 Å². The lowest BCUT2D eigenvalue weighted by Crippen LogP contribution is -2.31. The molecule has 0 aliphatic carbocycles. The van der Waals surface area contributed by atoms with Gasteiger partial charge in [0.15, 0.2) is 5.82 Å². The third-order valence-electron chi connectivity index (χ3n) is 9.70. The lowest BCUT2D eigenvalue weighted by molar-refractivity contribution is 0.630. The van der Waals surface area contributed by atoms with Gasteiger partial charge in [0.05, 0.1) is 34.0 Å². The fourth-order valence-electron chi connectivity index (χ4n) is 7.34. The SMILES string of the molecule is CC1(C)c2ccccc2N(c2nc(-c3ccccc3)nc(-n3c4ccccc4c4cccc(-c5ccc(C#N)cc5)c43)n2)c2ccccc21. The van der Waals surface area contributed by atoms with Crippen molar-refractivity contribution in [2.75, 3.05) is 4.90 Å². The second kappa shape index (κ2) is 11.0. The van der Waals surface area contributed by atoms with E-state index in [0.717, 1.165) is 49.9 Å². The van der Waals surface area contributed by atoms with Gasteiger partial charge in [0, 0.05) is 27.3 Å². The normalized spacial score (nSPS) is 13.2. The van der Waals surface area contributed by atoms with Crippen molar-refractivity contribution in [1.82, 2.24) is 19.5 Å². The predicted octanol–water partition coefficient (Wildman–Crippen LogP) is 10.3. The van der Waals surface area contributed by atoms with E-state index in [4.69, 9.17) is 15.0 Å². The van der Waals surface area contributed by atoms with E-state index in [2.05, 4.69) is 120 Å². The van der Waals surface area contributed by atoms with E-state index in [1.807, 2.05) is 54.6 Å². The van der Waals surface area contributed by atoms with E-state index in [1.54, 1.807) is 0 Å². The highest BCUT2D eigenvalue weighted by Gasteiger charge is 2.37. The number of nitrogens with zero attached hydrogens (tertiary/aromatic N) is 6. The van der Waals surface area contributed by atoms with Crippen molar-refractivity contribution in [3.63, 3.8) is 0 Å². The van der Waals surface area contributed by atoms with Crippen LogP contribution in [0.15, 0.2) is 146 Å². The summed E-state index contributed by atoms with van der Waals surface area (Å²) < 4.78 is 2.17. The lowest BCUT2D eigenvalue weighted by atomic mass is 9.74. The lowest BCUT2D eigenvalue weighted by Gasteiger charge is -2.40. The maximum atomic E-state index is 9.48. The fraction of sp³-hybridized carbons (Fsp3) is 0.0698. The summed E-state index contributed by atoms with van der Waals surface area (Å²) in [6.45, 7) is 4.55. The van der Waals surface area contributed by atoms with E-state index in [0.29, 0.717) is 23.3 Å². The highest BCUT2D eigenvalue weighted by atomic mass is 15.3. The molecule has 49 heavy (non-hydrogen) atoms. The molecule has 0 unspecified atom stereocenters. The summed E-state index contributed by atoms with van der Waals surface area (Å²) in [5.74, 6) is 1.65. The standard InChI is InChI=1S/C43H30N6/c1-43(2)34-18-7-10-21-37(34)48(38-22-11-8-19-35(38)43)41-45-40(30-13-4-3-5-14-30)46-42(47-41)49-36-20-9-6-15-32(36)33-17-12-16-31(39(33)49)29-25-23-28(27-44)24-26-29/h3-26H,1-2H3.